The Morgan fingerprint density at radius 3 is 2.52 bits per heavy atom. The minimum atomic E-state index is 0.610. The van der Waals surface area contributed by atoms with E-state index in [1.807, 2.05) is 31.2 Å². The predicted octanol–water partition coefficient (Wildman–Crippen LogP) is 3.34. The summed E-state index contributed by atoms with van der Waals surface area (Å²) in [6.07, 6.45) is 1.64. The van der Waals surface area contributed by atoms with Gasteiger partial charge in [-0.25, -0.2) is 0 Å². The highest BCUT2D eigenvalue weighted by Gasteiger charge is 2.20. The highest BCUT2D eigenvalue weighted by atomic mass is 16.5. The number of piperazine rings is 1. The molecule has 3 aromatic rings. The van der Waals surface area contributed by atoms with Crippen LogP contribution in [0.4, 0.5) is 17.5 Å². The number of aromatic nitrogens is 3. The van der Waals surface area contributed by atoms with Gasteiger partial charge in [-0.15, -0.1) is 5.10 Å². The summed E-state index contributed by atoms with van der Waals surface area (Å²) in [4.78, 5) is 9.32. The van der Waals surface area contributed by atoms with E-state index in [0.717, 1.165) is 44.2 Å². The van der Waals surface area contributed by atoms with Crippen molar-refractivity contribution in [3.05, 3.63) is 66.4 Å². The van der Waals surface area contributed by atoms with E-state index < -0.39 is 0 Å². The van der Waals surface area contributed by atoms with Gasteiger partial charge in [0.2, 0.25) is 5.95 Å². The number of hydrogen-bond acceptors (Lipinski definition) is 7. The zero-order chi connectivity index (χ0) is 19.9. The van der Waals surface area contributed by atoms with Gasteiger partial charge in [0.05, 0.1) is 18.5 Å². The molecule has 0 amide bonds. The summed E-state index contributed by atoms with van der Waals surface area (Å²) in [6, 6.07) is 18.4. The molecule has 0 bridgehead atoms. The summed E-state index contributed by atoms with van der Waals surface area (Å²) < 4.78 is 5.67. The van der Waals surface area contributed by atoms with Crippen molar-refractivity contribution in [1.82, 2.24) is 20.1 Å². The Kier molecular flexibility index (Phi) is 6.16. The van der Waals surface area contributed by atoms with Gasteiger partial charge < -0.3 is 15.0 Å². The van der Waals surface area contributed by atoms with Crippen LogP contribution in [0.1, 0.15) is 12.5 Å². The van der Waals surface area contributed by atoms with E-state index in [2.05, 4.69) is 60.6 Å². The maximum absolute atomic E-state index is 5.67. The number of benzene rings is 2. The highest BCUT2D eigenvalue weighted by molar-refractivity contribution is 5.64. The van der Waals surface area contributed by atoms with Crippen LogP contribution in [0.15, 0.2) is 60.8 Å². The molecule has 1 aliphatic rings. The number of nitrogens with zero attached hydrogens (tertiary/aromatic N) is 5. The lowest BCUT2D eigenvalue weighted by atomic mass is 10.2. The number of anilines is 3. The molecule has 1 aromatic heterocycles. The molecular weight excluding hydrogens is 364 g/mol. The van der Waals surface area contributed by atoms with Gasteiger partial charge in [0, 0.05) is 32.7 Å². The zero-order valence-corrected chi connectivity index (χ0v) is 16.7. The second-order valence-electron chi connectivity index (χ2n) is 6.94. The maximum Gasteiger partial charge on any atom is 0.247 e. The number of hydrogen-bond donors (Lipinski definition) is 1. The quantitative estimate of drug-likeness (QED) is 0.664. The van der Waals surface area contributed by atoms with Crippen LogP contribution in [0.2, 0.25) is 0 Å². The number of ether oxygens (including phenoxy) is 1. The summed E-state index contributed by atoms with van der Waals surface area (Å²) in [5, 5.41) is 11.7. The van der Waals surface area contributed by atoms with Gasteiger partial charge in [0.25, 0.3) is 0 Å². The fourth-order valence-electron chi connectivity index (χ4n) is 3.43. The van der Waals surface area contributed by atoms with Crippen molar-refractivity contribution in [3.63, 3.8) is 0 Å². The van der Waals surface area contributed by atoms with E-state index in [-0.39, 0.29) is 0 Å². The third-order valence-electron chi connectivity index (χ3n) is 4.90. The van der Waals surface area contributed by atoms with Crippen molar-refractivity contribution in [2.75, 3.05) is 43.0 Å². The molecule has 4 rings (SSSR count). The van der Waals surface area contributed by atoms with Crippen LogP contribution in [-0.2, 0) is 6.54 Å². The van der Waals surface area contributed by atoms with Gasteiger partial charge >= 0.3 is 0 Å². The standard InChI is InChI=1S/C22H26N6O/c1-2-29-20-11-7-6-10-19(20)24-21-16-23-26-22(25-21)28-14-12-27(13-15-28)17-18-8-4-3-5-9-18/h3-11,16H,2,12-15,17H2,1H3,(H,24,25,26). The van der Waals surface area contributed by atoms with Crippen molar-refractivity contribution in [3.8, 4) is 5.75 Å². The molecule has 2 heterocycles. The number of para-hydroxylation sites is 2. The van der Waals surface area contributed by atoms with Crippen molar-refractivity contribution in [1.29, 1.82) is 0 Å². The third-order valence-corrected chi connectivity index (χ3v) is 4.90. The molecule has 1 saturated heterocycles. The molecule has 7 heteroatoms. The molecule has 29 heavy (non-hydrogen) atoms. The Labute approximate surface area is 171 Å². The van der Waals surface area contributed by atoms with E-state index in [0.29, 0.717) is 18.4 Å². The third kappa shape index (κ3) is 5.00. The van der Waals surface area contributed by atoms with E-state index in [4.69, 9.17) is 4.74 Å². The van der Waals surface area contributed by atoms with Gasteiger partial charge in [-0.2, -0.15) is 10.1 Å². The summed E-state index contributed by atoms with van der Waals surface area (Å²) in [7, 11) is 0. The Morgan fingerprint density at radius 1 is 0.966 bits per heavy atom. The lowest BCUT2D eigenvalue weighted by Crippen LogP contribution is -2.46. The van der Waals surface area contributed by atoms with Crippen LogP contribution in [0.5, 0.6) is 5.75 Å². The molecule has 0 spiro atoms. The van der Waals surface area contributed by atoms with Gasteiger partial charge in [-0.05, 0) is 24.6 Å². The lowest BCUT2D eigenvalue weighted by Gasteiger charge is -2.34. The van der Waals surface area contributed by atoms with Crippen molar-refractivity contribution in [2.24, 2.45) is 0 Å². The van der Waals surface area contributed by atoms with E-state index >= 15 is 0 Å². The summed E-state index contributed by atoms with van der Waals surface area (Å²) in [5.41, 5.74) is 2.21. The monoisotopic (exact) mass is 390 g/mol. The van der Waals surface area contributed by atoms with Crippen LogP contribution in [0, 0.1) is 0 Å². The SMILES string of the molecule is CCOc1ccccc1Nc1cnnc(N2CCN(Cc3ccccc3)CC2)n1. The molecule has 0 saturated carbocycles. The van der Waals surface area contributed by atoms with E-state index in [9.17, 15) is 0 Å². The van der Waals surface area contributed by atoms with Crippen LogP contribution in [0.25, 0.3) is 0 Å². The largest absolute Gasteiger partial charge is 0.492 e. The van der Waals surface area contributed by atoms with Gasteiger partial charge in [-0.3, -0.25) is 4.90 Å². The van der Waals surface area contributed by atoms with Crippen molar-refractivity contribution in [2.45, 2.75) is 13.5 Å². The maximum atomic E-state index is 5.67. The fraction of sp³-hybridized carbons (Fsp3) is 0.318. The van der Waals surface area contributed by atoms with Crippen LogP contribution in [0.3, 0.4) is 0 Å². The molecule has 0 radical (unpaired) electrons. The van der Waals surface area contributed by atoms with Gasteiger partial charge in [-0.1, -0.05) is 42.5 Å². The van der Waals surface area contributed by atoms with Crippen LogP contribution in [-0.4, -0.2) is 52.9 Å². The van der Waals surface area contributed by atoms with Crippen molar-refractivity contribution < 1.29 is 4.74 Å². The summed E-state index contributed by atoms with van der Waals surface area (Å²) in [5.74, 6) is 2.11. The topological polar surface area (TPSA) is 66.4 Å². The average Bonchev–Trinajstić information content (AvgIpc) is 2.77. The fourth-order valence-corrected chi connectivity index (χ4v) is 3.43. The Bertz CT molecular complexity index is 912. The van der Waals surface area contributed by atoms with Crippen LogP contribution >= 0.6 is 0 Å². The molecule has 1 aliphatic heterocycles. The molecule has 0 unspecified atom stereocenters. The smallest absolute Gasteiger partial charge is 0.247 e. The Morgan fingerprint density at radius 2 is 1.72 bits per heavy atom. The summed E-state index contributed by atoms with van der Waals surface area (Å²) >= 11 is 0. The predicted molar refractivity (Wildman–Crippen MR) is 115 cm³/mol. The molecule has 1 fully saturated rings. The lowest BCUT2D eigenvalue weighted by molar-refractivity contribution is 0.248. The molecule has 7 nitrogen and oxygen atoms in total. The molecular formula is C22H26N6O. The van der Waals surface area contributed by atoms with E-state index in [1.54, 1.807) is 6.20 Å². The van der Waals surface area contributed by atoms with Gasteiger partial charge in [0.1, 0.15) is 5.75 Å². The van der Waals surface area contributed by atoms with Gasteiger partial charge in [0.15, 0.2) is 5.82 Å². The minimum absolute atomic E-state index is 0.610. The summed E-state index contributed by atoms with van der Waals surface area (Å²) in [6.45, 7) is 7.27. The number of nitrogens with one attached hydrogen (secondary N) is 1. The Balaban J connectivity index is 1.38. The van der Waals surface area contributed by atoms with E-state index in [1.165, 1.54) is 5.56 Å². The molecule has 0 aliphatic carbocycles. The number of rotatable bonds is 7. The van der Waals surface area contributed by atoms with Crippen LogP contribution < -0.4 is 15.0 Å². The van der Waals surface area contributed by atoms with Crippen molar-refractivity contribution >= 4 is 17.5 Å². The first-order chi connectivity index (χ1) is 14.3. The second kappa shape index (κ2) is 9.34. The normalized spacial score (nSPS) is 14.6. The minimum Gasteiger partial charge on any atom is -0.492 e. The average molecular weight is 390 g/mol. The second-order valence-corrected chi connectivity index (χ2v) is 6.94. The first kappa shape index (κ1) is 19.1. The highest BCUT2D eigenvalue weighted by Crippen LogP contribution is 2.26. The first-order valence-corrected chi connectivity index (χ1v) is 10.0. The molecule has 1 N–H and O–H groups in total. The molecule has 2 aromatic carbocycles. The zero-order valence-electron chi connectivity index (χ0n) is 16.7. The molecule has 150 valence electrons. The molecule has 0 atom stereocenters. The first-order valence-electron chi connectivity index (χ1n) is 10.0. The Hall–Kier alpha value is -3.19.